The van der Waals surface area contributed by atoms with Crippen LogP contribution in [0.2, 0.25) is 0 Å². The van der Waals surface area contributed by atoms with E-state index in [9.17, 15) is 18.3 Å². The largest absolute Gasteiger partial charge is 0.497 e. The first-order chi connectivity index (χ1) is 21.8. The standard InChI is InChI=1S/C34H47NO9S/c1-40-28-13-14-32-27(20-28)23-41-17-10-5-3-2-4-9-16-35(45(32,38)39)22-30(36)26(19-25-11-7-6-8-12-25)21-33(37)44-31-24-43-34-29(31)15-18-42-34/h6-8,11-14,20,26,29-31,34,36H,2-5,9-10,15-19,21-24H2,1H3/t26-,29+,30-,31+,34-/m1/s1. The van der Waals surface area contributed by atoms with Gasteiger partial charge in [-0.15, -0.1) is 0 Å². The lowest BCUT2D eigenvalue weighted by molar-refractivity contribution is -0.153. The molecule has 3 aliphatic heterocycles. The van der Waals surface area contributed by atoms with E-state index in [1.54, 1.807) is 25.3 Å². The van der Waals surface area contributed by atoms with Gasteiger partial charge in [-0.2, -0.15) is 4.31 Å². The fraction of sp³-hybridized carbons (Fsp3) is 0.618. The molecule has 0 aromatic heterocycles. The number of hydrogen-bond acceptors (Lipinski definition) is 9. The Balaban J connectivity index is 1.37. The third-order valence-electron chi connectivity index (χ3n) is 9.06. The van der Waals surface area contributed by atoms with Crippen molar-refractivity contribution < 1.29 is 42.0 Å². The number of fused-ring (bicyclic) bond motifs is 2. The average Bonchev–Trinajstić information content (AvgIpc) is 3.66. The SMILES string of the molecule is COc1ccc2c(c1)COCCCCCCCCN(C[C@@H](O)[C@@H](CC(=O)O[C@H]1CO[C@H]3OCC[C@H]31)Cc1ccccc1)S2(=O)=O. The predicted octanol–water partition coefficient (Wildman–Crippen LogP) is 4.47. The van der Waals surface area contributed by atoms with Gasteiger partial charge in [-0.3, -0.25) is 4.79 Å². The van der Waals surface area contributed by atoms with Crippen molar-refractivity contribution in [1.29, 1.82) is 0 Å². The van der Waals surface area contributed by atoms with E-state index in [0.717, 1.165) is 44.1 Å². The summed E-state index contributed by atoms with van der Waals surface area (Å²) < 4.78 is 58.2. The molecule has 248 valence electrons. The zero-order chi connectivity index (χ0) is 31.6. The minimum atomic E-state index is -4.02. The first-order valence-corrected chi connectivity index (χ1v) is 17.7. The van der Waals surface area contributed by atoms with Gasteiger partial charge in [0.2, 0.25) is 10.0 Å². The van der Waals surface area contributed by atoms with Gasteiger partial charge in [0, 0.05) is 31.2 Å². The van der Waals surface area contributed by atoms with Crippen LogP contribution in [0.4, 0.5) is 0 Å². The third kappa shape index (κ3) is 9.05. The molecule has 0 saturated carbocycles. The maximum absolute atomic E-state index is 14.3. The summed E-state index contributed by atoms with van der Waals surface area (Å²) in [6.45, 7) is 1.67. The van der Waals surface area contributed by atoms with Crippen molar-refractivity contribution in [2.75, 3.05) is 40.0 Å². The van der Waals surface area contributed by atoms with E-state index in [-0.39, 0.29) is 55.9 Å². The van der Waals surface area contributed by atoms with Gasteiger partial charge in [0.25, 0.3) is 0 Å². The van der Waals surface area contributed by atoms with Crippen LogP contribution in [0.1, 0.15) is 62.5 Å². The Bertz CT molecular complexity index is 1340. The summed E-state index contributed by atoms with van der Waals surface area (Å²) in [5, 5.41) is 11.7. The van der Waals surface area contributed by atoms with Crippen molar-refractivity contribution in [3.63, 3.8) is 0 Å². The minimum Gasteiger partial charge on any atom is -0.497 e. The van der Waals surface area contributed by atoms with Crippen LogP contribution in [0, 0.1) is 11.8 Å². The molecule has 3 aliphatic rings. The fourth-order valence-corrected chi connectivity index (χ4v) is 8.16. The number of β-amino-alcohol motifs (C(OH)–C–C–N with tert-alkyl or cyclic N) is 1. The smallest absolute Gasteiger partial charge is 0.306 e. The normalized spacial score (nSPS) is 25.8. The molecule has 3 heterocycles. The van der Waals surface area contributed by atoms with Gasteiger partial charge in [0.15, 0.2) is 6.29 Å². The first-order valence-electron chi connectivity index (χ1n) is 16.2. The summed E-state index contributed by atoms with van der Waals surface area (Å²) in [6.07, 6.45) is 4.87. The lowest BCUT2D eigenvalue weighted by Crippen LogP contribution is -2.42. The van der Waals surface area contributed by atoms with Crippen LogP contribution in [0.15, 0.2) is 53.4 Å². The molecule has 10 nitrogen and oxygen atoms in total. The van der Waals surface area contributed by atoms with Gasteiger partial charge < -0.3 is 28.8 Å². The molecular formula is C34H47NO9S. The fourth-order valence-electron chi connectivity index (χ4n) is 6.47. The number of benzene rings is 2. The second-order valence-electron chi connectivity index (χ2n) is 12.3. The number of carbonyl (C=O) groups is 1. The van der Waals surface area contributed by atoms with E-state index in [2.05, 4.69) is 0 Å². The van der Waals surface area contributed by atoms with Crippen LogP contribution in [0.5, 0.6) is 5.75 Å². The molecule has 2 aromatic carbocycles. The quantitative estimate of drug-likeness (QED) is 0.394. The van der Waals surface area contributed by atoms with E-state index >= 15 is 0 Å². The highest BCUT2D eigenvalue weighted by molar-refractivity contribution is 7.89. The highest BCUT2D eigenvalue weighted by Gasteiger charge is 2.44. The van der Waals surface area contributed by atoms with E-state index in [1.165, 1.54) is 4.31 Å². The Morgan fingerprint density at radius 2 is 1.80 bits per heavy atom. The van der Waals surface area contributed by atoms with Gasteiger partial charge >= 0.3 is 5.97 Å². The number of ether oxygens (including phenoxy) is 5. The average molecular weight is 646 g/mol. The van der Waals surface area contributed by atoms with E-state index in [0.29, 0.717) is 37.4 Å². The van der Waals surface area contributed by atoms with Crippen LogP contribution in [-0.2, 0) is 46.8 Å². The van der Waals surface area contributed by atoms with Crippen LogP contribution in [-0.4, -0.2) is 82.3 Å². The van der Waals surface area contributed by atoms with E-state index in [4.69, 9.17) is 23.7 Å². The van der Waals surface area contributed by atoms with Crippen molar-refractivity contribution in [2.24, 2.45) is 11.8 Å². The molecule has 5 atom stereocenters. The number of aliphatic hydroxyl groups excluding tert-OH is 1. The molecule has 2 fully saturated rings. The van der Waals surface area contributed by atoms with Gasteiger partial charge in [0.05, 0.1) is 50.3 Å². The number of hydrogen-bond donors (Lipinski definition) is 1. The van der Waals surface area contributed by atoms with Gasteiger partial charge in [-0.25, -0.2) is 8.42 Å². The molecule has 1 N–H and O–H groups in total. The molecule has 5 rings (SSSR count). The zero-order valence-electron chi connectivity index (χ0n) is 26.2. The number of nitrogens with zero attached hydrogens (tertiary/aromatic N) is 1. The third-order valence-corrected chi connectivity index (χ3v) is 11.0. The number of aliphatic hydroxyl groups is 1. The molecule has 2 aromatic rings. The van der Waals surface area contributed by atoms with Gasteiger partial charge in [-0.1, -0.05) is 56.0 Å². The number of methoxy groups -OCH3 is 1. The molecule has 0 unspecified atom stereocenters. The number of carbonyl (C=O) groups excluding carboxylic acids is 1. The highest BCUT2D eigenvalue weighted by atomic mass is 32.2. The van der Waals surface area contributed by atoms with Crippen molar-refractivity contribution in [3.8, 4) is 5.75 Å². The van der Waals surface area contributed by atoms with Crippen LogP contribution in [0.25, 0.3) is 0 Å². The Labute approximate surface area is 267 Å². The minimum absolute atomic E-state index is 0.00934. The van der Waals surface area contributed by atoms with Crippen LogP contribution < -0.4 is 4.74 Å². The van der Waals surface area contributed by atoms with Crippen LogP contribution in [0.3, 0.4) is 0 Å². The van der Waals surface area contributed by atoms with Gasteiger partial charge in [0.1, 0.15) is 11.9 Å². The molecule has 0 amide bonds. The van der Waals surface area contributed by atoms with Crippen molar-refractivity contribution >= 4 is 16.0 Å². The molecule has 0 aliphatic carbocycles. The maximum Gasteiger partial charge on any atom is 0.306 e. The number of esters is 1. The van der Waals surface area contributed by atoms with E-state index < -0.39 is 28.0 Å². The van der Waals surface area contributed by atoms with Crippen molar-refractivity contribution in [1.82, 2.24) is 4.31 Å². The molecule has 0 radical (unpaired) electrons. The second-order valence-corrected chi connectivity index (χ2v) is 14.2. The lowest BCUT2D eigenvalue weighted by Gasteiger charge is -2.30. The number of rotatable bonds is 9. The van der Waals surface area contributed by atoms with Gasteiger partial charge in [-0.05, 0) is 49.4 Å². The Morgan fingerprint density at radius 1 is 1.02 bits per heavy atom. The summed E-state index contributed by atoms with van der Waals surface area (Å²) in [5.41, 5.74) is 1.46. The molecule has 0 bridgehead atoms. The second kappa shape index (κ2) is 16.3. The maximum atomic E-state index is 14.3. The zero-order valence-corrected chi connectivity index (χ0v) is 27.0. The molecular weight excluding hydrogens is 598 g/mol. The summed E-state index contributed by atoms with van der Waals surface area (Å²) in [4.78, 5) is 13.4. The predicted molar refractivity (Wildman–Crippen MR) is 167 cm³/mol. The molecule has 2 saturated heterocycles. The number of sulfonamides is 1. The van der Waals surface area contributed by atoms with Crippen molar-refractivity contribution in [2.45, 2.75) is 87.8 Å². The Morgan fingerprint density at radius 3 is 2.60 bits per heavy atom. The lowest BCUT2D eigenvalue weighted by atomic mass is 9.90. The molecule has 45 heavy (non-hydrogen) atoms. The highest BCUT2D eigenvalue weighted by Crippen LogP contribution is 2.34. The Kier molecular flexibility index (Phi) is 12.3. The molecule has 11 heteroatoms. The monoisotopic (exact) mass is 645 g/mol. The topological polar surface area (TPSA) is 121 Å². The van der Waals surface area contributed by atoms with Crippen molar-refractivity contribution in [3.05, 3.63) is 59.7 Å². The summed E-state index contributed by atoms with van der Waals surface area (Å²) >= 11 is 0. The summed E-state index contributed by atoms with van der Waals surface area (Å²) in [5.74, 6) is -0.450. The summed E-state index contributed by atoms with van der Waals surface area (Å²) in [7, 11) is -2.48. The Hall–Kier alpha value is -2.54. The van der Waals surface area contributed by atoms with Crippen LogP contribution >= 0.6 is 0 Å². The molecule has 0 spiro atoms. The summed E-state index contributed by atoms with van der Waals surface area (Å²) in [6, 6.07) is 14.5. The van der Waals surface area contributed by atoms with E-state index in [1.807, 2.05) is 30.3 Å². The first kappa shape index (κ1) is 33.8.